The minimum absolute atomic E-state index is 0.792. The van der Waals surface area contributed by atoms with Crippen LogP contribution in [0.4, 0.5) is 0 Å². The molecule has 0 aliphatic heterocycles. The molecule has 5 heteroatoms. The highest BCUT2D eigenvalue weighted by atomic mass is 79.9. The van der Waals surface area contributed by atoms with E-state index in [1.165, 1.54) is 5.56 Å². The first-order chi connectivity index (χ1) is 7.54. The Bertz CT molecular complexity index is 524. The zero-order valence-electron chi connectivity index (χ0n) is 9.95. The van der Waals surface area contributed by atoms with Gasteiger partial charge in [-0.1, -0.05) is 15.9 Å². The smallest absolute Gasteiger partial charge is 0.156 e. The van der Waals surface area contributed by atoms with Crippen molar-refractivity contribution in [1.82, 2.24) is 19.6 Å². The van der Waals surface area contributed by atoms with Crippen LogP contribution in [-0.4, -0.2) is 19.6 Å². The average Bonchev–Trinajstić information content (AvgIpc) is 2.66. The zero-order chi connectivity index (χ0) is 11.9. The summed E-state index contributed by atoms with van der Waals surface area (Å²) in [4.78, 5) is 0. The molecule has 0 aliphatic carbocycles. The lowest BCUT2D eigenvalue weighted by Gasteiger charge is -2.06. The number of alkyl halides is 1. The predicted molar refractivity (Wildman–Crippen MR) is 67.2 cm³/mol. The van der Waals surface area contributed by atoms with E-state index in [1.54, 1.807) is 0 Å². The predicted octanol–water partition coefficient (Wildman–Crippen LogP) is 2.43. The van der Waals surface area contributed by atoms with Crippen molar-refractivity contribution in [1.29, 1.82) is 0 Å². The molecule has 2 heterocycles. The molecule has 0 saturated heterocycles. The Labute approximate surface area is 103 Å². The summed E-state index contributed by atoms with van der Waals surface area (Å²) in [6, 6.07) is 2.07. The summed E-state index contributed by atoms with van der Waals surface area (Å²) >= 11 is 3.51. The van der Waals surface area contributed by atoms with Gasteiger partial charge in [-0.15, -0.1) is 0 Å². The van der Waals surface area contributed by atoms with Crippen molar-refractivity contribution >= 4 is 15.9 Å². The number of halogens is 1. The Morgan fingerprint density at radius 1 is 1.25 bits per heavy atom. The quantitative estimate of drug-likeness (QED) is 0.793. The number of aryl methyl sites for hydroxylation is 4. The molecule has 2 rings (SSSR count). The number of aromatic nitrogens is 4. The van der Waals surface area contributed by atoms with E-state index in [0.29, 0.717) is 0 Å². The topological polar surface area (TPSA) is 35.6 Å². The van der Waals surface area contributed by atoms with E-state index in [2.05, 4.69) is 39.1 Å². The molecule has 0 radical (unpaired) electrons. The average molecular weight is 283 g/mol. The van der Waals surface area contributed by atoms with E-state index < -0.39 is 0 Å². The van der Waals surface area contributed by atoms with Crippen LogP contribution in [0.15, 0.2) is 6.07 Å². The van der Waals surface area contributed by atoms with Gasteiger partial charge in [-0.2, -0.15) is 10.2 Å². The third-order valence-corrected chi connectivity index (χ3v) is 3.22. The van der Waals surface area contributed by atoms with Gasteiger partial charge in [0.25, 0.3) is 0 Å². The second-order valence-electron chi connectivity index (χ2n) is 3.98. The van der Waals surface area contributed by atoms with Crippen molar-refractivity contribution in [2.24, 2.45) is 7.05 Å². The lowest BCUT2D eigenvalue weighted by Crippen LogP contribution is -2.08. The van der Waals surface area contributed by atoms with Crippen LogP contribution in [0.3, 0.4) is 0 Å². The van der Waals surface area contributed by atoms with E-state index in [9.17, 15) is 0 Å². The maximum atomic E-state index is 4.50. The molecule has 2 aromatic rings. The van der Waals surface area contributed by atoms with Crippen LogP contribution in [-0.2, 0) is 12.4 Å². The molecule has 2 aromatic heterocycles. The van der Waals surface area contributed by atoms with Crippen molar-refractivity contribution in [3.63, 3.8) is 0 Å². The summed E-state index contributed by atoms with van der Waals surface area (Å²) < 4.78 is 3.83. The monoisotopic (exact) mass is 282 g/mol. The Hall–Kier alpha value is -1.10. The van der Waals surface area contributed by atoms with Gasteiger partial charge < -0.3 is 0 Å². The third kappa shape index (κ3) is 1.69. The molecule has 0 N–H and O–H groups in total. The molecule has 0 spiro atoms. The van der Waals surface area contributed by atoms with E-state index in [4.69, 9.17) is 0 Å². The Morgan fingerprint density at radius 2 is 1.94 bits per heavy atom. The van der Waals surface area contributed by atoms with Gasteiger partial charge in [0.15, 0.2) is 5.82 Å². The van der Waals surface area contributed by atoms with Crippen molar-refractivity contribution in [3.05, 3.63) is 28.7 Å². The van der Waals surface area contributed by atoms with Gasteiger partial charge in [0.1, 0.15) is 0 Å². The molecule has 0 atom stereocenters. The van der Waals surface area contributed by atoms with E-state index >= 15 is 0 Å². The Balaban J connectivity index is 2.68. The van der Waals surface area contributed by atoms with E-state index in [1.807, 2.05) is 30.3 Å². The van der Waals surface area contributed by atoms with Crippen molar-refractivity contribution in [2.75, 3.05) is 0 Å². The molecule has 86 valence electrons. The highest BCUT2D eigenvalue weighted by molar-refractivity contribution is 9.08. The number of nitrogens with zero attached hydrogens (tertiary/aromatic N) is 4. The SMILES string of the molecule is Cc1cc(C)n(-c2c(CBr)c(C)nn2C)n1. The van der Waals surface area contributed by atoms with Crippen molar-refractivity contribution in [2.45, 2.75) is 26.1 Å². The molecular weight excluding hydrogens is 268 g/mol. The standard InChI is InChI=1S/C11H15BrN4/c1-7-5-8(2)16(13-7)11-10(6-12)9(3)14-15(11)4/h5H,6H2,1-4H3. The molecule has 0 fully saturated rings. The normalized spacial score (nSPS) is 11.1. The molecule has 4 nitrogen and oxygen atoms in total. The van der Waals surface area contributed by atoms with E-state index in [-0.39, 0.29) is 0 Å². The lowest BCUT2D eigenvalue weighted by molar-refractivity contribution is 0.681. The molecule has 0 saturated carbocycles. The summed E-state index contributed by atoms with van der Waals surface area (Å²) in [5.41, 5.74) is 4.38. The van der Waals surface area contributed by atoms with Crippen LogP contribution in [0.25, 0.3) is 5.82 Å². The second kappa shape index (κ2) is 4.05. The van der Waals surface area contributed by atoms with Crippen molar-refractivity contribution in [3.8, 4) is 5.82 Å². The zero-order valence-corrected chi connectivity index (χ0v) is 11.5. The van der Waals surface area contributed by atoms with Crippen LogP contribution >= 0.6 is 15.9 Å². The van der Waals surface area contributed by atoms with Crippen LogP contribution in [0, 0.1) is 20.8 Å². The third-order valence-electron chi connectivity index (χ3n) is 2.66. The highest BCUT2D eigenvalue weighted by Crippen LogP contribution is 2.21. The lowest BCUT2D eigenvalue weighted by atomic mass is 10.3. The van der Waals surface area contributed by atoms with Crippen LogP contribution in [0.5, 0.6) is 0 Å². The maximum absolute atomic E-state index is 4.50. The van der Waals surface area contributed by atoms with Gasteiger partial charge in [-0.3, -0.25) is 4.68 Å². The summed E-state index contributed by atoms with van der Waals surface area (Å²) in [6.45, 7) is 6.08. The van der Waals surface area contributed by atoms with Gasteiger partial charge in [0.2, 0.25) is 0 Å². The molecular formula is C11H15BrN4. The van der Waals surface area contributed by atoms with Crippen LogP contribution < -0.4 is 0 Å². The molecule has 0 unspecified atom stereocenters. The van der Waals surface area contributed by atoms with E-state index in [0.717, 1.165) is 28.2 Å². The first-order valence-corrected chi connectivity index (χ1v) is 6.28. The summed E-state index contributed by atoms with van der Waals surface area (Å²) in [5, 5.41) is 9.72. The molecule has 0 amide bonds. The number of rotatable bonds is 2. The second-order valence-corrected chi connectivity index (χ2v) is 4.54. The molecule has 0 aromatic carbocycles. The van der Waals surface area contributed by atoms with Gasteiger partial charge in [-0.25, -0.2) is 4.68 Å². The van der Waals surface area contributed by atoms with Gasteiger partial charge >= 0.3 is 0 Å². The maximum Gasteiger partial charge on any atom is 0.156 e. The number of hydrogen-bond acceptors (Lipinski definition) is 2. The first kappa shape index (κ1) is 11.4. The minimum Gasteiger partial charge on any atom is -0.250 e. The fraction of sp³-hybridized carbons (Fsp3) is 0.455. The van der Waals surface area contributed by atoms with Crippen molar-refractivity contribution < 1.29 is 0 Å². The van der Waals surface area contributed by atoms with Gasteiger partial charge in [0.05, 0.1) is 11.4 Å². The minimum atomic E-state index is 0.792. The summed E-state index contributed by atoms with van der Waals surface area (Å²) in [7, 11) is 1.95. The van der Waals surface area contributed by atoms with Gasteiger partial charge in [-0.05, 0) is 26.8 Å². The molecule has 0 bridgehead atoms. The van der Waals surface area contributed by atoms with Crippen LogP contribution in [0.2, 0.25) is 0 Å². The summed E-state index contributed by atoms with van der Waals surface area (Å²) in [5.74, 6) is 1.04. The van der Waals surface area contributed by atoms with Gasteiger partial charge in [0, 0.05) is 23.6 Å². The largest absolute Gasteiger partial charge is 0.250 e. The Kier molecular flexibility index (Phi) is 2.88. The molecule has 16 heavy (non-hydrogen) atoms. The molecule has 0 aliphatic rings. The highest BCUT2D eigenvalue weighted by Gasteiger charge is 2.16. The van der Waals surface area contributed by atoms with Crippen LogP contribution in [0.1, 0.15) is 22.6 Å². The fourth-order valence-corrected chi connectivity index (χ4v) is 2.61. The number of hydrogen-bond donors (Lipinski definition) is 0. The first-order valence-electron chi connectivity index (χ1n) is 5.16. The Morgan fingerprint density at radius 3 is 2.44 bits per heavy atom. The summed E-state index contributed by atoms with van der Waals surface area (Å²) in [6.07, 6.45) is 0. The fourth-order valence-electron chi connectivity index (χ4n) is 1.95.